The van der Waals surface area contributed by atoms with Crippen LogP contribution in [0.2, 0.25) is 0 Å². The summed E-state index contributed by atoms with van der Waals surface area (Å²) >= 11 is 0. The summed E-state index contributed by atoms with van der Waals surface area (Å²) in [5.74, 6) is -3.27. The van der Waals surface area contributed by atoms with E-state index < -0.39 is 47.7 Å². The number of hydrogen-bond donors (Lipinski definition) is 2. The first-order valence-corrected chi connectivity index (χ1v) is 9.12. The zero-order chi connectivity index (χ0) is 23.4. The topological polar surface area (TPSA) is 165 Å². The highest BCUT2D eigenvalue weighted by Crippen LogP contribution is 2.24. The van der Waals surface area contributed by atoms with E-state index in [4.69, 9.17) is 4.74 Å². The molecule has 1 heterocycles. The maximum atomic E-state index is 12.0. The second-order valence-corrected chi connectivity index (χ2v) is 6.63. The highest BCUT2D eigenvalue weighted by atomic mass is 16.6. The van der Waals surface area contributed by atoms with Crippen LogP contribution in [-0.4, -0.2) is 59.6 Å². The Morgan fingerprint density at radius 1 is 1.06 bits per heavy atom. The van der Waals surface area contributed by atoms with Gasteiger partial charge in [0, 0.05) is 30.4 Å². The molecular formula is C20H16N4O8. The van der Waals surface area contributed by atoms with Gasteiger partial charge >= 0.3 is 5.97 Å². The molecule has 12 heteroatoms. The van der Waals surface area contributed by atoms with E-state index in [1.54, 1.807) is 0 Å². The van der Waals surface area contributed by atoms with Crippen molar-refractivity contribution in [3.05, 3.63) is 69.3 Å². The minimum absolute atomic E-state index is 0.0139. The number of hydrogen-bond acceptors (Lipinski definition) is 8. The normalized spacial score (nSPS) is 12.2. The second kappa shape index (κ2) is 9.04. The number of ether oxygens (including phenoxy) is 1. The number of nitrogens with one attached hydrogen (secondary N) is 2. The molecule has 2 N–H and O–H groups in total. The molecule has 0 radical (unpaired) electrons. The molecule has 0 spiro atoms. The van der Waals surface area contributed by atoms with Gasteiger partial charge in [-0.1, -0.05) is 6.07 Å². The molecule has 1 aliphatic heterocycles. The molecule has 0 fully saturated rings. The van der Waals surface area contributed by atoms with Crippen molar-refractivity contribution in [1.82, 2.24) is 10.2 Å². The van der Waals surface area contributed by atoms with Crippen LogP contribution in [0, 0.1) is 10.1 Å². The number of nitrogens with zero attached hydrogens (tertiary/aromatic N) is 2. The number of benzene rings is 2. The summed E-state index contributed by atoms with van der Waals surface area (Å²) in [7, 11) is 1.35. The van der Waals surface area contributed by atoms with Gasteiger partial charge in [0.15, 0.2) is 6.61 Å². The highest BCUT2D eigenvalue weighted by Gasteiger charge is 2.32. The zero-order valence-electron chi connectivity index (χ0n) is 16.6. The van der Waals surface area contributed by atoms with Crippen molar-refractivity contribution >= 4 is 41.0 Å². The summed E-state index contributed by atoms with van der Waals surface area (Å²) < 4.78 is 4.77. The van der Waals surface area contributed by atoms with Crippen LogP contribution >= 0.6 is 0 Å². The van der Waals surface area contributed by atoms with Gasteiger partial charge in [-0.25, -0.2) is 0 Å². The van der Waals surface area contributed by atoms with E-state index in [9.17, 15) is 34.1 Å². The lowest BCUT2D eigenvalue weighted by atomic mass is 10.1. The molecular weight excluding hydrogens is 424 g/mol. The molecule has 0 saturated carbocycles. The van der Waals surface area contributed by atoms with Crippen molar-refractivity contribution in [2.75, 3.05) is 25.5 Å². The number of esters is 1. The molecule has 2 aromatic rings. The monoisotopic (exact) mass is 440 g/mol. The lowest BCUT2D eigenvalue weighted by Crippen LogP contribution is -2.32. The number of amides is 4. The molecule has 0 unspecified atom stereocenters. The number of nitro groups is 1. The molecule has 3 rings (SSSR count). The van der Waals surface area contributed by atoms with E-state index in [1.165, 1.54) is 43.4 Å². The van der Waals surface area contributed by atoms with Gasteiger partial charge in [0.2, 0.25) is 0 Å². The van der Waals surface area contributed by atoms with Crippen LogP contribution in [-0.2, 0) is 14.3 Å². The minimum atomic E-state index is -0.907. The number of anilines is 1. The smallest absolute Gasteiger partial charge is 0.325 e. The molecule has 0 aliphatic carbocycles. The van der Waals surface area contributed by atoms with Crippen molar-refractivity contribution in [3.8, 4) is 0 Å². The molecule has 2 aromatic carbocycles. The van der Waals surface area contributed by atoms with Crippen molar-refractivity contribution < 1.29 is 33.6 Å². The largest absolute Gasteiger partial charge is 0.454 e. The number of fused-ring (bicyclic) bond motifs is 1. The van der Waals surface area contributed by atoms with Crippen LogP contribution in [0.25, 0.3) is 0 Å². The number of rotatable bonds is 7. The molecule has 12 nitrogen and oxygen atoms in total. The molecule has 1 aliphatic rings. The third-order valence-electron chi connectivity index (χ3n) is 4.45. The van der Waals surface area contributed by atoms with Gasteiger partial charge in [0.25, 0.3) is 29.3 Å². The zero-order valence-corrected chi connectivity index (χ0v) is 16.6. The molecule has 32 heavy (non-hydrogen) atoms. The Hall–Kier alpha value is -4.61. The van der Waals surface area contributed by atoms with Gasteiger partial charge in [-0.15, -0.1) is 0 Å². The van der Waals surface area contributed by atoms with Crippen LogP contribution < -0.4 is 10.6 Å². The maximum absolute atomic E-state index is 12.0. The van der Waals surface area contributed by atoms with E-state index >= 15 is 0 Å². The summed E-state index contributed by atoms with van der Waals surface area (Å²) in [6.07, 6.45) is 0. The van der Waals surface area contributed by atoms with Gasteiger partial charge in [0.1, 0.15) is 6.54 Å². The average Bonchev–Trinajstić information content (AvgIpc) is 2.99. The summed E-state index contributed by atoms with van der Waals surface area (Å²) in [4.78, 5) is 70.7. The van der Waals surface area contributed by atoms with Gasteiger partial charge in [-0.3, -0.25) is 39.0 Å². The fraction of sp³-hybridized carbons (Fsp3) is 0.150. The SMILES string of the molecule is CN1C(=O)c2ccc(NC(=O)COC(=O)CNC(=O)c3cccc([N+](=O)[O-])c3)cc2C1=O. The fourth-order valence-corrected chi connectivity index (χ4v) is 2.85. The molecule has 0 atom stereocenters. The quantitative estimate of drug-likeness (QED) is 0.275. The average molecular weight is 440 g/mol. The first kappa shape index (κ1) is 22.1. The Bertz CT molecular complexity index is 1160. The number of non-ortho nitro benzene ring substituents is 1. The minimum Gasteiger partial charge on any atom is -0.454 e. The standard InChI is InChI=1S/C20H16N4O8/c1-23-19(28)14-6-5-12(8-15(14)20(23)29)22-16(25)10-32-17(26)9-21-18(27)11-3-2-4-13(7-11)24(30)31/h2-8H,9-10H2,1H3,(H,21,27)(H,22,25). The van der Waals surface area contributed by atoms with Crippen LogP contribution in [0.1, 0.15) is 31.1 Å². The number of carbonyl (C=O) groups excluding carboxylic acids is 5. The highest BCUT2D eigenvalue weighted by molar-refractivity contribution is 6.21. The predicted molar refractivity (Wildman–Crippen MR) is 108 cm³/mol. The fourth-order valence-electron chi connectivity index (χ4n) is 2.85. The Labute approximate surface area is 180 Å². The van der Waals surface area contributed by atoms with Crippen molar-refractivity contribution in [2.45, 2.75) is 0 Å². The summed E-state index contributed by atoms with van der Waals surface area (Å²) in [6.45, 7) is -1.22. The van der Waals surface area contributed by atoms with Crippen molar-refractivity contribution in [1.29, 1.82) is 0 Å². The van der Waals surface area contributed by atoms with Gasteiger partial charge in [-0.05, 0) is 24.3 Å². The summed E-state index contributed by atoms with van der Waals surface area (Å²) in [5.41, 5.74) is 0.319. The van der Waals surface area contributed by atoms with E-state index in [0.29, 0.717) is 0 Å². The predicted octanol–water partition coefficient (Wildman–Crippen LogP) is 0.732. The first-order chi connectivity index (χ1) is 15.2. The maximum Gasteiger partial charge on any atom is 0.325 e. The lowest BCUT2D eigenvalue weighted by molar-refractivity contribution is -0.384. The Balaban J connectivity index is 1.47. The lowest BCUT2D eigenvalue weighted by Gasteiger charge is -2.08. The van der Waals surface area contributed by atoms with Crippen LogP contribution in [0.3, 0.4) is 0 Å². The van der Waals surface area contributed by atoms with Gasteiger partial charge < -0.3 is 15.4 Å². The summed E-state index contributed by atoms with van der Waals surface area (Å²) in [5, 5.41) is 15.4. The molecule has 0 saturated heterocycles. The Morgan fingerprint density at radius 3 is 2.50 bits per heavy atom. The van der Waals surface area contributed by atoms with E-state index in [0.717, 1.165) is 11.0 Å². The third-order valence-corrected chi connectivity index (χ3v) is 4.45. The summed E-state index contributed by atoms with van der Waals surface area (Å²) in [6, 6.07) is 9.13. The van der Waals surface area contributed by atoms with E-state index in [-0.39, 0.29) is 28.1 Å². The van der Waals surface area contributed by atoms with Crippen LogP contribution in [0.4, 0.5) is 11.4 Å². The Morgan fingerprint density at radius 2 is 1.78 bits per heavy atom. The molecule has 164 valence electrons. The van der Waals surface area contributed by atoms with Gasteiger partial charge in [0.05, 0.1) is 16.1 Å². The van der Waals surface area contributed by atoms with Crippen molar-refractivity contribution in [3.63, 3.8) is 0 Å². The van der Waals surface area contributed by atoms with Crippen LogP contribution in [0.15, 0.2) is 42.5 Å². The second-order valence-electron chi connectivity index (χ2n) is 6.63. The molecule has 0 aromatic heterocycles. The number of nitro benzene ring substituents is 1. The molecule has 4 amide bonds. The number of carbonyl (C=O) groups is 5. The third kappa shape index (κ3) is 4.75. The first-order valence-electron chi connectivity index (χ1n) is 9.12. The Kier molecular flexibility index (Phi) is 6.24. The van der Waals surface area contributed by atoms with Crippen LogP contribution in [0.5, 0.6) is 0 Å². The van der Waals surface area contributed by atoms with E-state index in [2.05, 4.69) is 10.6 Å². The molecule has 0 bridgehead atoms. The van der Waals surface area contributed by atoms with E-state index in [1.807, 2.05) is 0 Å². The van der Waals surface area contributed by atoms with Gasteiger partial charge in [-0.2, -0.15) is 0 Å². The number of imide groups is 1. The van der Waals surface area contributed by atoms with Crippen molar-refractivity contribution in [2.24, 2.45) is 0 Å².